The average molecular weight is 340 g/mol. The van der Waals surface area contributed by atoms with Crippen LogP contribution in [0.1, 0.15) is 17.3 Å². The van der Waals surface area contributed by atoms with E-state index in [0.29, 0.717) is 11.3 Å². The highest BCUT2D eigenvalue weighted by Gasteiger charge is 2.17. The summed E-state index contributed by atoms with van der Waals surface area (Å²) in [4.78, 5) is 10.7. The highest BCUT2D eigenvalue weighted by atomic mass is 79.9. The van der Waals surface area contributed by atoms with E-state index in [2.05, 4.69) is 31.9 Å². The highest BCUT2D eigenvalue weighted by Crippen LogP contribution is 2.34. The fourth-order valence-electron chi connectivity index (χ4n) is 1.12. The van der Waals surface area contributed by atoms with Gasteiger partial charge in [0.25, 0.3) is 0 Å². The van der Waals surface area contributed by atoms with Gasteiger partial charge in [-0.1, -0.05) is 37.9 Å². The quantitative estimate of drug-likeness (QED) is 0.780. The van der Waals surface area contributed by atoms with E-state index in [-0.39, 0.29) is 5.78 Å². The van der Waals surface area contributed by atoms with Crippen molar-refractivity contribution < 1.29 is 13.9 Å². The zero-order valence-electron chi connectivity index (χ0n) is 7.97. The van der Waals surface area contributed by atoms with E-state index < -0.39 is 11.7 Å². The second kappa shape index (κ2) is 5.61. The van der Waals surface area contributed by atoms with E-state index in [1.165, 1.54) is 6.92 Å². The molecule has 1 aromatic carbocycles. The maximum absolute atomic E-state index is 12.1. The van der Waals surface area contributed by atoms with E-state index >= 15 is 0 Å². The first-order valence-corrected chi connectivity index (χ1v) is 5.90. The molecule has 0 saturated carbocycles. The highest BCUT2D eigenvalue weighted by molar-refractivity contribution is 9.10. The molecule has 15 heavy (non-hydrogen) atoms. The van der Waals surface area contributed by atoms with Gasteiger partial charge in [-0.15, -0.1) is 0 Å². The number of hydrogen-bond donors (Lipinski definition) is 0. The normalized spacial score (nSPS) is 12.3. The first-order valence-electron chi connectivity index (χ1n) is 4.19. The van der Waals surface area contributed by atoms with Crippen LogP contribution in [0.2, 0.25) is 0 Å². The topological polar surface area (TPSA) is 26.3 Å². The number of carbonyl (C=O) groups is 1. The van der Waals surface area contributed by atoms with Gasteiger partial charge in [0.15, 0.2) is 0 Å². The predicted molar refractivity (Wildman–Crippen MR) is 63.1 cm³/mol. The van der Waals surface area contributed by atoms with E-state index in [0.717, 1.165) is 4.47 Å². The van der Waals surface area contributed by atoms with Gasteiger partial charge in [0.05, 0.1) is 0 Å². The summed E-state index contributed by atoms with van der Waals surface area (Å²) >= 11 is 6.48. The summed E-state index contributed by atoms with van der Waals surface area (Å²) in [6, 6.07) is 5.12. The first kappa shape index (κ1) is 12.6. The number of Topliss-reactive ketones (excluding diaryl/α,β-unsaturated/α-hetero) is 1. The first-order chi connectivity index (χ1) is 7.06. The monoisotopic (exact) mass is 338 g/mol. The van der Waals surface area contributed by atoms with Crippen LogP contribution in [-0.4, -0.2) is 12.6 Å². The fraction of sp³-hybridized carbons (Fsp3) is 0.300. The third kappa shape index (κ3) is 3.28. The zero-order valence-corrected chi connectivity index (χ0v) is 11.1. The van der Waals surface area contributed by atoms with Gasteiger partial charge in [-0.25, -0.2) is 4.39 Å². The van der Waals surface area contributed by atoms with Gasteiger partial charge in [-0.2, -0.15) is 0 Å². The maximum atomic E-state index is 12.1. The molecule has 1 atom stereocenters. The third-order valence-electron chi connectivity index (χ3n) is 1.82. The van der Waals surface area contributed by atoms with Gasteiger partial charge in [-0.3, -0.25) is 4.79 Å². The summed E-state index contributed by atoms with van der Waals surface area (Å²) in [5.74, 6) is 0.310. The predicted octanol–water partition coefficient (Wildman–Crippen LogP) is 3.78. The van der Waals surface area contributed by atoms with Crippen molar-refractivity contribution in [2.24, 2.45) is 0 Å². The van der Waals surface area contributed by atoms with E-state index in [1.807, 2.05) is 0 Å². The molecule has 0 fully saturated rings. The molecule has 1 rings (SSSR count). The number of halogens is 3. The molecule has 0 aromatic heterocycles. The minimum absolute atomic E-state index is 0.0546. The summed E-state index contributed by atoms with van der Waals surface area (Å²) in [5, 5.41) is 0. The van der Waals surface area contributed by atoms with Crippen molar-refractivity contribution in [2.45, 2.75) is 11.8 Å². The Morgan fingerprint density at radius 3 is 2.80 bits per heavy atom. The third-order valence-corrected chi connectivity index (χ3v) is 3.45. The van der Waals surface area contributed by atoms with Crippen LogP contribution in [0.15, 0.2) is 22.7 Å². The number of hydrogen-bond acceptors (Lipinski definition) is 2. The lowest BCUT2D eigenvalue weighted by Gasteiger charge is -2.12. The van der Waals surface area contributed by atoms with E-state index in [4.69, 9.17) is 4.74 Å². The molecule has 0 aliphatic carbocycles. The summed E-state index contributed by atoms with van der Waals surface area (Å²) in [5.41, 5.74) is 0.628. The SMILES string of the molecule is CC(=O)C(Br)c1ccc(Br)cc1OCF. The average Bonchev–Trinajstić information content (AvgIpc) is 2.17. The van der Waals surface area contributed by atoms with Gasteiger partial charge in [0.2, 0.25) is 6.86 Å². The van der Waals surface area contributed by atoms with Crippen molar-refractivity contribution in [3.63, 3.8) is 0 Å². The van der Waals surface area contributed by atoms with Gasteiger partial charge in [0, 0.05) is 10.0 Å². The molecule has 0 amide bonds. The Hall–Kier alpha value is -0.420. The minimum atomic E-state index is -0.916. The largest absolute Gasteiger partial charge is 0.463 e. The molecule has 0 radical (unpaired) electrons. The molecule has 2 nitrogen and oxygen atoms in total. The number of ketones is 1. The van der Waals surface area contributed by atoms with Crippen molar-refractivity contribution in [3.8, 4) is 5.75 Å². The second-order valence-electron chi connectivity index (χ2n) is 2.91. The Morgan fingerprint density at radius 1 is 1.60 bits per heavy atom. The Morgan fingerprint density at radius 2 is 2.27 bits per heavy atom. The summed E-state index contributed by atoms with van der Waals surface area (Å²) < 4.78 is 17.7. The molecule has 0 N–H and O–H groups in total. The Bertz CT molecular complexity index is 368. The summed E-state index contributed by atoms with van der Waals surface area (Å²) in [6.45, 7) is 0.543. The van der Waals surface area contributed by atoms with Crippen LogP contribution in [-0.2, 0) is 4.79 Å². The van der Waals surface area contributed by atoms with E-state index in [1.54, 1.807) is 18.2 Å². The van der Waals surface area contributed by atoms with Crippen LogP contribution in [0.4, 0.5) is 4.39 Å². The Balaban J connectivity index is 3.10. The van der Waals surface area contributed by atoms with Gasteiger partial charge >= 0.3 is 0 Å². The van der Waals surface area contributed by atoms with Crippen LogP contribution >= 0.6 is 31.9 Å². The molecule has 1 unspecified atom stereocenters. The van der Waals surface area contributed by atoms with Crippen molar-refractivity contribution in [1.29, 1.82) is 0 Å². The molecule has 0 aliphatic heterocycles. The minimum Gasteiger partial charge on any atom is -0.463 e. The van der Waals surface area contributed by atoms with Crippen LogP contribution in [0.3, 0.4) is 0 Å². The van der Waals surface area contributed by atoms with Gasteiger partial charge in [0.1, 0.15) is 16.4 Å². The van der Waals surface area contributed by atoms with Crippen molar-refractivity contribution in [1.82, 2.24) is 0 Å². The summed E-state index contributed by atoms with van der Waals surface area (Å²) in [7, 11) is 0. The molecule has 0 bridgehead atoms. The Labute approximate surface area is 104 Å². The van der Waals surface area contributed by atoms with Crippen molar-refractivity contribution in [2.75, 3.05) is 6.86 Å². The number of benzene rings is 1. The molecule has 0 aliphatic rings. The standard InChI is InChI=1S/C10H9Br2FO2/c1-6(14)10(12)8-3-2-7(11)4-9(8)15-5-13/h2-4,10H,5H2,1H3. The van der Waals surface area contributed by atoms with Crippen LogP contribution in [0.5, 0.6) is 5.75 Å². The molecule has 1 aromatic rings. The molecular formula is C10H9Br2FO2. The van der Waals surface area contributed by atoms with Crippen LogP contribution in [0, 0.1) is 0 Å². The fourth-order valence-corrected chi connectivity index (χ4v) is 1.84. The van der Waals surface area contributed by atoms with Crippen molar-refractivity contribution >= 4 is 37.6 Å². The lowest BCUT2D eigenvalue weighted by molar-refractivity contribution is -0.116. The molecule has 0 saturated heterocycles. The molecule has 0 heterocycles. The molecule has 5 heteroatoms. The Kier molecular flexibility index (Phi) is 4.73. The van der Waals surface area contributed by atoms with Crippen molar-refractivity contribution in [3.05, 3.63) is 28.2 Å². The lowest BCUT2D eigenvalue weighted by Crippen LogP contribution is -2.04. The van der Waals surface area contributed by atoms with E-state index in [9.17, 15) is 9.18 Å². The summed E-state index contributed by atoms with van der Waals surface area (Å²) in [6.07, 6.45) is 0. The molecule has 0 spiro atoms. The lowest BCUT2D eigenvalue weighted by atomic mass is 10.1. The smallest absolute Gasteiger partial charge is 0.228 e. The van der Waals surface area contributed by atoms with Crippen LogP contribution < -0.4 is 4.74 Å². The number of alkyl halides is 2. The van der Waals surface area contributed by atoms with Gasteiger partial charge in [-0.05, 0) is 19.1 Å². The number of rotatable bonds is 4. The van der Waals surface area contributed by atoms with Gasteiger partial charge < -0.3 is 4.74 Å². The second-order valence-corrected chi connectivity index (χ2v) is 4.74. The number of ether oxygens (including phenoxy) is 1. The maximum Gasteiger partial charge on any atom is 0.228 e. The van der Waals surface area contributed by atoms with Crippen LogP contribution in [0.25, 0.3) is 0 Å². The number of carbonyl (C=O) groups excluding carboxylic acids is 1. The zero-order chi connectivity index (χ0) is 11.4. The molecule has 82 valence electrons. The molecular weight excluding hydrogens is 331 g/mol.